The molecule has 4 heterocycles. The lowest BCUT2D eigenvalue weighted by Crippen LogP contribution is -2.50. The number of alkyl halides is 1. The van der Waals surface area contributed by atoms with Crippen molar-refractivity contribution in [3.05, 3.63) is 46.2 Å². The first kappa shape index (κ1) is 25.6. The predicted molar refractivity (Wildman–Crippen MR) is 147 cm³/mol. The minimum absolute atomic E-state index is 0.0401. The standard InChI is InChI=1S/C23H25ClIN7O3S/c24-19-14(2-1-13-18(19)22(34)32(12-30-13)6-3-15(26)33)36-17-10-28-16(9-29-17)31-7-4-23(5-8-31)11-35-21(25)20(23)27/h1-2,9-10,12,20-21H,3-8,11,27H2,(H2,26,33)/t20-,21-/m1/s1. The van der Waals surface area contributed by atoms with E-state index in [0.29, 0.717) is 25.8 Å². The number of benzene rings is 1. The van der Waals surface area contributed by atoms with Crippen molar-refractivity contribution in [1.82, 2.24) is 19.5 Å². The molecule has 190 valence electrons. The molecule has 0 saturated carbocycles. The molecule has 4 N–H and O–H groups in total. The number of aryl methyl sites for hydroxylation is 1. The van der Waals surface area contributed by atoms with Crippen molar-refractivity contribution in [2.45, 2.75) is 45.9 Å². The zero-order valence-electron chi connectivity index (χ0n) is 19.3. The molecule has 2 atom stereocenters. The van der Waals surface area contributed by atoms with Crippen LogP contribution in [0.3, 0.4) is 0 Å². The number of ether oxygens (including phenoxy) is 1. The van der Waals surface area contributed by atoms with Gasteiger partial charge in [0.2, 0.25) is 5.91 Å². The van der Waals surface area contributed by atoms with Crippen molar-refractivity contribution in [3.63, 3.8) is 0 Å². The Hall–Kier alpha value is -2.00. The van der Waals surface area contributed by atoms with Gasteiger partial charge in [0.1, 0.15) is 15.0 Å². The minimum Gasteiger partial charge on any atom is -0.370 e. The van der Waals surface area contributed by atoms with Crippen molar-refractivity contribution in [2.24, 2.45) is 16.9 Å². The molecule has 2 aromatic heterocycles. The molecule has 3 aromatic rings. The SMILES string of the molecule is NC(=O)CCn1cnc2ccc(Sc3cnc(N4CCC5(CC4)CO[C@@H](I)[C@H]5N)cn3)c(Cl)c2c1=O. The Morgan fingerprint density at radius 1 is 1.25 bits per heavy atom. The molecule has 13 heteroatoms. The molecule has 36 heavy (non-hydrogen) atoms. The molecule has 1 amide bonds. The summed E-state index contributed by atoms with van der Waals surface area (Å²) in [5.41, 5.74) is 11.8. The van der Waals surface area contributed by atoms with Crippen LogP contribution in [0.1, 0.15) is 19.3 Å². The number of amides is 1. The molecule has 0 unspecified atom stereocenters. The first-order valence-corrected chi connectivity index (χ1v) is 13.9. The van der Waals surface area contributed by atoms with Gasteiger partial charge in [-0.2, -0.15) is 0 Å². The van der Waals surface area contributed by atoms with E-state index in [-0.39, 0.29) is 34.1 Å². The average Bonchev–Trinajstić information content (AvgIpc) is 3.14. The zero-order valence-corrected chi connectivity index (χ0v) is 23.0. The van der Waals surface area contributed by atoms with E-state index in [1.54, 1.807) is 18.5 Å². The average molecular weight is 642 g/mol. The summed E-state index contributed by atoms with van der Waals surface area (Å²) in [5, 5.41) is 1.24. The minimum atomic E-state index is -0.492. The summed E-state index contributed by atoms with van der Waals surface area (Å²) in [6.45, 7) is 2.57. The molecule has 5 rings (SSSR count). The number of rotatable bonds is 6. The Bertz CT molecular complexity index is 1350. The van der Waals surface area contributed by atoms with Crippen LogP contribution in [0.2, 0.25) is 5.02 Å². The third-order valence-electron chi connectivity index (χ3n) is 6.93. The number of carbonyl (C=O) groups is 1. The van der Waals surface area contributed by atoms with Crippen molar-refractivity contribution >= 4 is 68.6 Å². The van der Waals surface area contributed by atoms with E-state index >= 15 is 0 Å². The van der Waals surface area contributed by atoms with Crippen LogP contribution in [-0.4, -0.2) is 55.3 Å². The van der Waals surface area contributed by atoms with Gasteiger partial charge < -0.3 is 21.1 Å². The van der Waals surface area contributed by atoms with E-state index in [1.807, 2.05) is 6.07 Å². The predicted octanol–water partition coefficient (Wildman–Crippen LogP) is 2.57. The van der Waals surface area contributed by atoms with Crippen LogP contribution in [0.15, 0.2) is 45.6 Å². The van der Waals surface area contributed by atoms with Crippen molar-refractivity contribution in [1.29, 1.82) is 0 Å². The molecule has 2 aliphatic rings. The van der Waals surface area contributed by atoms with E-state index in [9.17, 15) is 9.59 Å². The normalized spacial score (nSPS) is 21.4. The zero-order chi connectivity index (χ0) is 25.4. The van der Waals surface area contributed by atoms with Crippen molar-refractivity contribution in [3.8, 4) is 0 Å². The fourth-order valence-electron chi connectivity index (χ4n) is 4.67. The quantitative estimate of drug-likeness (QED) is 0.307. The highest BCUT2D eigenvalue weighted by Crippen LogP contribution is 2.43. The Morgan fingerprint density at radius 2 is 2.03 bits per heavy atom. The van der Waals surface area contributed by atoms with Crippen LogP contribution in [0.5, 0.6) is 0 Å². The molecule has 1 aromatic carbocycles. The van der Waals surface area contributed by atoms with E-state index in [2.05, 4.69) is 42.4 Å². The summed E-state index contributed by atoms with van der Waals surface area (Å²) in [4.78, 5) is 40.4. The maximum Gasteiger partial charge on any atom is 0.262 e. The van der Waals surface area contributed by atoms with Crippen LogP contribution >= 0.6 is 46.0 Å². The number of primary amides is 1. The number of halogens is 2. The van der Waals surface area contributed by atoms with Gasteiger partial charge >= 0.3 is 0 Å². The molecule has 2 fully saturated rings. The number of piperidine rings is 1. The van der Waals surface area contributed by atoms with Crippen LogP contribution in [0.25, 0.3) is 10.9 Å². The van der Waals surface area contributed by atoms with Gasteiger partial charge in [0.15, 0.2) is 0 Å². The first-order valence-electron chi connectivity index (χ1n) is 11.5. The number of nitrogens with two attached hydrogens (primary N) is 2. The van der Waals surface area contributed by atoms with Crippen LogP contribution in [0.4, 0.5) is 5.82 Å². The summed E-state index contributed by atoms with van der Waals surface area (Å²) in [5.74, 6) is 0.327. The van der Waals surface area contributed by atoms with Gasteiger partial charge in [0, 0.05) is 42.4 Å². The second-order valence-electron chi connectivity index (χ2n) is 9.08. The Morgan fingerprint density at radius 3 is 2.67 bits per heavy atom. The largest absolute Gasteiger partial charge is 0.370 e. The van der Waals surface area contributed by atoms with Gasteiger partial charge in [-0.05, 0) is 47.6 Å². The lowest BCUT2D eigenvalue weighted by Gasteiger charge is -2.41. The Labute approximate surface area is 230 Å². The highest BCUT2D eigenvalue weighted by Gasteiger charge is 2.48. The van der Waals surface area contributed by atoms with Gasteiger partial charge in [-0.1, -0.05) is 23.4 Å². The van der Waals surface area contributed by atoms with Gasteiger partial charge in [0.05, 0.1) is 41.3 Å². The van der Waals surface area contributed by atoms with E-state index in [4.69, 9.17) is 27.8 Å². The topological polar surface area (TPSA) is 142 Å². The number of aromatic nitrogens is 4. The van der Waals surface area contributed by atoms with Crippen molar-refractivity contribution < 1.29 is 9.53 Å². The third kappa shape index (κ3) is 4.93. The van der Waals surface area contributed by atoms with Gasteiger partial charge in [-0.15, -0.1) is 0 Å². The van der Waals surface area contributed by atoms with Gasteiger partial charge in [-0.3, -0.25) is 14.2 Å². The number of fused-ring (bicyclic) bond motifs is 1. The molecule has 2 aliphatic heterocycles. The summed E-state index contributed by atoms with van der Waals surface area (Å²) in [7, 11) is 0. The number of hydrogen-bond acceptors (Lipinski definition) is 9. The van der Waals surface area contributed by atoms with E-state index in [1.165, 1.54) is 22.7 Å². The fourth-order valence-corrected chi connectivity index (χ4v) is 6.74. The summed E-state index contributed by atoms with van der Waals surface area (Å²) in [6.07, 6.45) is 6.84. The number of anilines is 1. The van der Waals surface area contributed by atoms with E-state index < -0.39 is 5.91 Å². The Kier molecular flexibility index (Phi) is 7.41. The number of nitrogens with zero attached hydrogens (tertiary/aromatic N) is 5. The highest BCUT2D eigenvalue weighted by molar-refractivity contribution is 14.1. The molecule has 0 radical (unpaired) electrons. The first-order chi connectivity index (χ1) is 17.3. The second kappa shape index (κ2) is 10.4. The van der Waals surface area contributed by atoms with Gasteiger partial charge in [0.25, 0.3) is 5.56 Å². The molecular formula is C23H25ClIN7O3S. The number of hydrogen-bond donors (Lipinski definition) is 2. The van der Waals surface area contributed by atoms with Crippen LogP contribution in [-0.2, 0) is 16.1 Å². The monoisotopic (exact) mass is 641 g/mol. The molecule has 10 nitrogen and oxygen atoms in total. The molecule has 0 bridgehead atoms. The van der Waals surface area contributed by atoms with Gasteiger partial charge in [-0.25, -0.2) is 15.0 Å². The second-order valence-corrected chi connectivity index (χ2v) is 11.8. The van der Waals surface area contributed by atoms with Crippen molar-refractivity contribution in [2.75, 3.05) is 24.6 Å². The fraction of sp³-hybridized carbons (Fsp3) is 0.435. The summed E-state index contributed by atoms with van der Waals surface area (Å²) >= 11 is 10.2. The Balaban J connectivity index is 1.30. The maximum atomic E-state index is 12.9. The smallest absolute Gasteiger partial charge is 0.262 e. The molecule has 2 saturated heterocycles. The lowest BCUT2D eigenvalue weighted by atomic mass is 9.75. The van der Waals surface area contributed by atoms with Crippen LogP contribution < -0.4 is 21.9 Å². The lowest BCUT2D eigenvalue weighted by molar-refractivity contribution is -0.118. The van der Waals surface area contributed by atoms with Crippen LogP contribution in [0, 0.1) is 5.41 Å². The number of carbonyl (C=O) groups excluding carboxylic acids is 1. The summed E-state index contributed by atoms with van der Waals surface area (Å²) in [6, 6.07) is 3.61. The maximum absolute atomic E-state index is 12.9. The third-order valence-corrected chi connectivity index (χ3v) is 9.55. The molecule has 0 aliphatic carbocycles. The van der Waals surface area contributed by atoms with E-state index in [0.717, 1.165) is 38.4 Å². The summed E-state index contributed by atoms with van der Waals surface area (Å²) < 4.78 is 7.21. The molecular weight excluding hydrogens is 617 g/mol. The highest BCUT2D eigenvalue weighted by atomic mass is 127. The molecule has 1 spiro atoms.